The molecule has 1 N–H and O–H groups in total. The number of thiol groups is 1. The van der Waals surface area contributed by atoms with Crippen molar-refractivity contribution in [3.05, 3.63) is 35.9 Å². The van der Waals surface area contributed by atoms with E-state index in [1.54, 1.807) is 0 Å². The molecule has 17 heavy (non-hydrogen) atoms. The Labute approximate surface area is 108 Å². The Hall–Kier alpha value is -0.960. The van der Waals surface area contributed by atoms with Crippen molar-refractivity contribution in [2.75, 3.05) is 5.75 Å². The van der Waals surface area contributed by atoms with Crippen molar-refractivity contribution in [3.8, 4) is 0 Å². The zero-order chi connectivity index (χ0) is 12.3. The molecule has 1 aromatic carbocycles. The number of rotatable bonds is 5. The summed E-state index contributed by atoms with van der Waals surface area (Å²) in [5.41, 5.74) is 1.35. The van der Waals surface area contributed by atoms with Crippen molar-refractivity contribution in [3.63, 3.8) is 0 Å². The largest absolute Gasteiger partial charge is 0.350 e. The molecule has 0 aliphatic heterocycles. The number of carbonyl (C=O) groups excluding carboxylic acids is 1. The quantitative estimate of drug-likeness (QED) is 0.772. The summed E-state index contributed by atoms with van der Waals surface area (Å²) in [5, 5.41) is 3.05. The van der Waals surface area contributed by atoms with Crippen LogP contribution in [-0.2, 0) is 4.79 Å². The molecule has 1 aliphatic rings. The maximum Gasteiger partial charge on any atom is 0.221 e. The first-order chi connectivity index (χ1) is 8.15. The van der Waals surface area contributed by atoms with E-state index in [1.807, 2.05) is 37.3 Å². The van der Waals surface area contributed by atoms with E-state index in [0.717, 1.165) is 24.2 Å². The number of benzene rings is 1. The standard InChI is InChI=1S/C14H19NOS/c1-11(12-5-3-2-4-6-12)15-13(16)9-14(10-17)7-8-14/h2-6,11,17H,7-10H2,1H3,(H,15,16). The average molecular weight is 249 g/mol. The molecular weight excluding hydrogens is 230 g/mol. The number of nitrogens with one attached hydrogen (secondary N) is 1. The molecule has 92 valence electrons. The maximum atomic E-state index is 11.9. The fourth-order valence-corrected chi connectivity index (χ4v) is 2.45. The molecule has 0 saturated heterocycles. The van der Waals surface area contributed by atoms with E-state index in [2.05, 4.69) is 17.9 Å². The van der Waals surface area contributed by atoms with Gasteiger partial charge in [0, 0.05) is 6.42 Å². The van der Waals surface area contributed by atoms with Gasteiger partial charge in [-0.3, -0.25) is 4.79 Å². The summed E-state index contributed by atoms with van der Waals surface area (Å²) in [6.07, 6.45) is 2.90. The molecule has 0 radical (unpaired) electrons. The van der Waals surface area contributed by atoms with Gasteiger partial charge in [0.1, 0.15) is 0 Å². The Kier molecular flexibility index (Phi) is 3.77. The predicted molar refractivity (Wildman–Crippen MR) is 73.1 cm³/mol. The second-order valence-electron chi connectivity index (χ2n) is 5.03. The molecule has 3 heteroatoms. The van der Waals surface area contributed by atoms with E-state index < -0.39 is 0 Å². The van der Waals surface area contributed by atoms with Crippen LogP contribution in [0.15, 0.2) is 30.3 Å². The average Bonchev–Trinajstić information content (AvgIpc) is 3.10. The molecule has 0 aromatic heterocycles. The second-order valence-corrected chi connectivity index (χ2v) is 5.35. The molecule has 0 spiro atoms. The lowest BCUT2D eigenvalue weighted by atomic mass is 10.0. The summed E-state index contributed by atoms with van der Waals surface area (Å²) in [6.45, 7) is 2.02. The van der Waals surface area contributed by atoms with Crippen LogP contribution in [0.5, 0.6) is 0 Å². The minimum absolute atomic E-state index is 0.0828. The van der Waals surface area contributed by atoms with Gasteiger partial charge in [-0.25, -0.2) is 0 Å². The molecule has 1 unspecified atom stereocenters. The van der Waals surface area contributed by atoms with E-state index >= 15 is 0 Å². The third-order valence-electron chi connectivity index (χ3n) is 3.51. The van der Waals surface area contributed by atoms with Gasteiger partial charge < -0.3 is 5.32 Å². The molecule has 2 nitrogen and oxygen atoms in total. The van der Waals surface area contributed by atoms with Crippen LogP contribution < -0.4 is 5.32 Å². The van der Waals surface area contributed by atoms with Gasteiger partial charge in [0.25, 0.3) is 0 Å². The van der Waals surface area contributed by atoms with Gasteiger partial charge >= 0.3 is 0 Å². The number of carbonyl (C=O) groups is 1. The highest BCUT2D eigenvalue weighted by Crippen LogP contribution is 2.49. The van der Waals surface area contributed by atoms with Gasteiger partial charge in [-0.15, -0.1) is 0 Å². The minimum Gasteiger partial charge on any atom is -0.350 e. The molecule has 0 bridgehead atoms. The van der Waals surface area contributed by atoms with Crippen LogP contribution in [0.2, 0.25) is 0 Å². The summed E-state index contributed by atoms with van der Waals surface area (Å²) in [7, 11) is 0. The van der Waals surface area contributed by atoms with Crippen LogP contribution in [0.3, 0.4) is 0 Å². The predicted octanol–water partition coefficient (Wildman–Crippen LogP) is 2.96. The lowest BCUT2D eigenvalue weighted by Gasteiger charge is -2.17. The summed E-state index contributed by atoms with van der Waals surface area (Å²) >= 11 is 4.32. The highest BCUT2D eigenvalue weighted by molar-refractivity contribution is 7.80. The van der Waals surface area contributed by atoms with Crippen molar-refractivity contribution < 1.29 is 4.79 Å². The Morgan fingerprint density at radius 1 is 1.41 bits per heavy atom. The third kappa shape index (κ3) is 3.25. The normalized spacial score (nSPS) is 18.5. The Morgan fingerprint density at radius 3 is 2.59 bits per heavy atom. The summed E-state index contributed by atoms with van der Waals surface area (Å²) in [4.78, 5) is 11.9. The van der Waals surface area contributed by atoms with Gasteiger partial charge in [0.05, 0.1) is 6.04 Å². The van der Waals surface area contributed by atoms with Crippen LogP contribution >= 0.6 is 12.6 Å². The van der Waals surface area contributed by atoms with E-state index in [0.29, 0.717) is 6.42 Å². The molecule has 1 fully saturated rings. The molecular formula is C14H19NOS. The van der Waals surface area contributed by atoms with E-state index in [4.69, 9.17) is 0 Å². The highest BCUT2D eigenvalue weighted by Gasteiger charge is 2.42. The molecule has 1 atom stereocenters. The Bertz CT molecular complexity index is 386. The first-order valence-electron chi connectivity index (χ1n) is 6.10. The zero-order valence-corrected chi connectivity index (χ0v) is 11.0. The maximum absolute atomic E-state index is 11.9. The van der Waals surface area contributed by atoms with Crippen LogP contribution in [0, 0.1) is 5.41 Å². The van der Waals surface area contributed by atoms with Crippen LogP contribution in [0.25, 0.3) is 0 Å². The summed E-state index contributed by atoms with van der Waals surface area (Å²) in [5.74, 6) is 0.966. The van der Waals surface area contributed by atoms with Gasteiger partial charge in [0.15, 0.2) is 0 Å². The number of hydrogen-bond acceptors (Lipinski definition) is 2. The van der Waals surface area contributed by atoms with Crippen molar-refractivity contribution >= 4 is 18.5 Å². The molecule has 1 aliphatic carbocycles. The molecule has 1 saturated carbocycles. The summed E-state index contributed by atoms with van der Waals surface area (Å²) < 4.78 is 0. The minimum atomic E-state index is 0.0828. The smallest absolute Gasteiger partial charge is 0.221 e. The SMILES string of the molecule is CC(NC(=O)CC1(CS)CC1)c1ccccc1. The first kappa shape index (κ1) is 12.5. The highest BCUT2D eigenvalue weighted by atomic mass is 32.1. The van der Waals surface area contributed by atoms with Crippen LogP contribution in [0.1, 0.15) is 37.8 Å². The Morgan fingerprint density at radius 2 is 2.06 bits per heavy atom. The van der Waals surface area contributed by atoms with Gasteiger partial charge in [-0.2, -0.15) is 12.6 Å². The molecule has 0 heterocycles. The molecule has 2 rings (SSSR count). The number of amides is 1. The first-order valence-corrected chi connectivity index (χ1v) is 6.74. The van der Waals surface area contributed by atoms with Gasteiger partial charge in [0.2, 0.25) is 5.91 Å². The number of hydrogen-bond donors (Lipinski definition) is 2. The van der Waals surface area contributed by atoms with Crippen molar-refractivity contribution in [1.82, 2.24) is 5.32 Å². The van der Waals surface area contributed by atoms with Crippen LogP contribution in [0.4, 0.5) is 0 Å². The van der Waals surface area contributed by atoms with Gasteiger partial charge in [-0.05, 0) is 36.5 Å². The van der Waals surface area contributed by atoms with Crippen molar-refractivity contribution in [2.45, 2.75) is 32.2 Å². The fourth-order valence-electron chi connectivity index (χ4n) is 2.03. The van der Waals surface area contributed by atoms with E-state index in [1.165, 1.54) is 0 Å². The Balaban J connectivity index is 1.87. The van der Waals surface area contributed by atoms with Gasteiger partial charge in [-0.1, -0.05) is 30.3 Å². The summed E-state index contributed by atoms with van der Waals surface area (Å²) in [6, 6.07) is 10.1. The lowest BCUT2D eigenvalue weighted by molar-refractivity contribution is -0.122. The second kappa shape index (κ2) is 5.13. The van der Waals surface area contributed by atoms with Crippen LogP contribution in [-0.4, -0.2) is 11.7 Å². The topological polar surface area (TPSA) is 29.1 Å². The third-order valence-corrected chi connectivity index (χ3v) is 4.18. The molecule has 1 aromatic rings. The lowest BCUT2D eigenvalue weighted by Crippen LogP contribution is -2.29. The fraction of sp³-hybridized carbons (Fsp3) is 0.500. The monoisotopic (exact) mass is 249 g/mol. The van der Waals surface area contributed by atoms with Crippen molar-refractivity contribution in [1.29, 1.82) is 0 Å². The zero-order valence-electron chi connectivity index (χ0n) is 10.1. The van der Waals surface area contributed by atoms with E-state index in [-0.39, 0.29) is 17.4 Å². The van der Waals surface area contributed by atoms with E-state index in [9.17, 15) is 4.79 Å². The van der Waals surface area contributed by atoms with Crippen molar-refractivity contribution in [2.24, 2.45) is 5.41 Å². The molecule has 1 amide bonds.